The van der Waals surface area contributed by atoms with Crippen molar-refractivity contribution in [1.29, 1.82) is 0 Å². The second-order valence-corrected chi connectivity index (χ2v) is 2.98. The third-order valence-electron chi connectivity index (χ3n) is 1.46. The third kappa shape index (κ3) is 2.66. The van der Waals surface area contributed by atoms with Crippen molar-refractivity contribution in [3.8, 4) is 0 Å². The maximum Gasteiger partial charge on any atom is 0.160 e. The number of rotatable bonds is 3. The smallest absolute Gasteiger partial charge is 0.160 e. The highest BCUT2D eigenvalue weighted by atomic mass is 32.1. The van der Waals surface area contributed by atoms with Crippen molar-refractivity contribution in [1.82, 2.24) is 0 Å². The fourth-order valence-electron chi connectivity index (χ4n) is 0.816. The standard InChI is InChI=1S/C9H12O2S/c1-3-9(12)10-6-8-5-4-7(2)11-8/h4-5H,3,6H2,1-2H3. The van der Waals surface area contributed by atoms with Gasteiger partial charge in [0.2, 0.25) is 0 Å². The molecule has 0 amide bonds. The van der Waals surface area contributed by atoms with E-state index >= 15 is 0 Å². The van der Waals surface area contributed by atoms with E-state index in [1.54, 1.807) is 0 Å². The molecule has 1 aromatic heterocycles. The number of aryl methyl sites for hydroxylation is 1. The maximum absolute atomic E-state index is 5.29. The molecule has 1 rings (SSSR count). The van der Waals surface area contributed by atoms with Gasteiger partial charge in [-0.2, -0.15) is 0 Å². The van der Waals surface area contributed by atoms with Crippen LogP contribution in [0.3, 0.4) is 0 Å². The zero-order valence-corrected chi connectivity index (χ0v) is 8.11. The quantitative estimate of drug-likeness (QED) is 0.674. The molecule has 12 heavy (non-hydrogen) atoms. The van der Waals surface area contributed by atoms with Crippen LogP contribution in [0.4, 0.5) is 0 Å². The van der Waals surface area contributed by atoms with Gasteiger partial charge in [0.15, 0.2) is 5.05 Å². The topological polar surface area (TPSA) is 22.4 Å². The first-order valence-electron chi connectivity index (χ1n) is 3.93. The van der Waals surface area contributed by atoms with Crippen molar-refractivity contribution in [3.63, 3.8) is 0 Å². The maximum atomic E-state index is 5.29. The monoisotopic (exact) mass is 184 g/mol. The Balaban J connectivity index is 2.38. The average molecular weight is 184 g/mol. The van der Waals surface area contributed by atoms with Gasteiger partial charge in [-0.25, -0.2) is 0 Å². The van der Waals surface area contributed by atoms with E-state index in [1.807, 2.05) is 26.0 Å². The van der Waals surface area contributed by atoms with Crippen molar-refractivity contribution in [2.45, 2.75) is 26.9 Å². The van der Waals surface area contributed by atoms with E-state index in [2.05, 4.69) is 0 Å². The average Bonchev–Trinajstić information content (AvgIpc) is 2.47. The van der Waals surface area contributed by atoms with Crippen molar-refractivity contribution in [3.05, 3.63) is 23.7 Å². The Labute approximate surface area is 77.5 Å². The summed E-state index contributed by atoms with van der Waals surface area (Å²) in [4.78, 5) is 0. The van der Waals surface area contributed by atoms with Crippen LogP contribution in [-0.2, 0) is 11.3 Å². The first kappa shape index (κ1) is 9.26. The zero-order chi connectivity index (χ0) is 8.97. The van der Waals surface area contributed by atoms with Crippen molar-refractivity contribution in [2.24, 2.45) is 0 Å². The second-order valence-electron chi connectivity index (χ2n) is 2.53. The van der Waals surface area contributed by atoms with Crippen LogP contribution in [0.1, 0.15) is 24.9 Å². The molecule has 0 spiro atoms. The predicted octanol–water partition coefficient (Wildman–Crippen LogP) is 2.84. The summed E-state index contributed by atoms with van der Waals surface area (Å²) >= 11 is 4.90. The van der Waals surface area contributed by atoms with Crippen LogP contribution in [-0.4, -0.2) is 5.05 Å². The molecule has 0 aliphatic rings. The Morgan fingerprint density at radius 2 is 2.33 bits per heavy atom. The lowest BCUT2D eigenvalue weighted by Crippen LogP contribution is -1.98. The molecule has 3 heteroatoms. The number of hydrogen-bond donors (Lipinski definition) is 0. The fraction of sp³-hybridized carbons (Fsp3) is 0.444. The summed E-state index contributed by atoms with van der Waals surface area (Å²) in [7, 11) is 0. The molecule has 0 unspecified atom stereocenters. The Morgan fingerprint density at radius 3 is 2.83 bits per heavy atom. The number of hydrogen-bond acceptors (Lipinski definition) is 3. The molecule has 0 aliphatic heterocycles. The van der Waals surface area contributed by atoms with Gasteiger partial charge in [-0.05, 0) is 31.3 Å². The molecule has 0 N–H and O–H groups in total. The van der Waals surface area contributed by atoms with Crippen LogP contribution in [0.25, 0.3) is 0 Å². The van der Waals surface area contributed by atoms with Gasteiger partial charge in [0, 0.05) is 6.42 Å². The summed E-state index contributed by atoms with van der Waals surface area (Å²) in [6.45, 7) is 4.32. The SMILES string of the molecule is CCC(=S)OCc1ccc(C)o1. The molecule has 0 saturated heterocycles. The molecule has 0 aromatic carbocycles. The third-order valence-corrected chi connectivity index (χ3v) is 1.87. The minimum Gasteiger partial charge on any atom is -0.479 e. The lowest BCUT2D eigenvalue weighted by atomic mass is 10.4. The summed E-state index contributed by atoms with van der Waals surface area (Å²) in [5.41, 5.74) is 0. The van der Waals surface area contributed by atoms with Crippen molar-refractivity contribution in [2.75, 3.05) is 0 Å². The molecular weight excluding hydrogens is 172 g/mol. The molecule has 0 radical (unpaired) electrons. The largest absolute Gasteiger partial charge is 0.479 e. The highest BCUT2D eigenvalue weighted by Gasteiger charge is 1.99. The normalized spacial score (nSPS) is 9.83. The number of thiocarbonyl (C=S) groups is 1. The molecule has 1 aromatic rings. The van der Waals surface area contributed by atoms with Gasteiger partial charge in [-0.3, -0.25) is 0 Å². The Morgan fingerprint density at radius 1 is 1.58 bits per heavy atom. The molecule has 0 fully saturated rings. The Kier molecular flexibility index (Phi) is 3.29. The van der Waals surface area contributed by atoms with E-state index in [-0.39, 0.29) is 0 Å². The van der Waals surface area contributed by atoms with E-state index in [9.17, 15) is 0 Å². The molecule has 1 heterocycles. The van der Waals surface area contributed by atoms with Gasteiger partial charge in [-0.1, -0.05) is 6.92 Å². The van der Waals surface area contributed by atoms with E-state index in [1.165, 1.54) is 0 Å². The van der Waals surface area contributed by atoms with Gasteiger partial charge in [-0.15, -0.1) is 0 Å². The minimum absolute atomic E-state index is 0.445. The van der Waals surface area contributed by atoms with E-state index in [0.29, 0.717) is 11.7 Å². The van der Waals surface area contributed by atoms with Gasteiger partial charge >= 0.3 is 0 Å². The number of furan rings is 1. The molecule has 0 bridgehead atoms. The van der Waals surface area contributed by atoms with E-state index < -0.39 is 0 Å². The Hall–Kier alpha value is -0.830. The predicted molar refractivity (Wildman–Crippen MR) is 51.1 cm³/mol. The van der Waals surface area contributed by atoms with Crippen LogP contribution in [0.15, 0.2) is 16.5 Å². The minimum atomic E-state index is 0.445. The molecular formula is C9H12O2S. The van der Waals surface area contributed by atoms with E-state index in [0.717, 1.165) is 17.9 Å². The number of ether oxygens (including phenoxy) is 1. The Bertz CT molecular complexity index is 265. The van der Waals surface area contributed by atoms with Gasteiger partial charge < -0.3 is 9.15 Å². The van der Waals surface area contributed by atoms with Crippen LogP contribution < -0.4 is 0 Å². The summed E-state index contributed by atoms with van der Waals surface area (Å²) in [5.74, 6) is 1.72. The molecule has 0 aliphatic carbocycles. The summed E-state index contributed by atoms with van der Waals surface area (Å²) in [5, 5.41) is 0.629. The first-order chi connectivity index (χ1) is 5.72. The highest BCUT2D eigenvalue weighted by molar-refractivity contribution is 7.80. The van der Waals surface area contributed by atoms with Gasteiger partial charge in [0.1, 0.15) is 18.1 Å². The van der Waals surface area contributed by atoms with E-state index in [4.69, 9.17) is 21.4 Å². The molecule has 0 saturated carbocycles. The second kappa shape index (κ2) is 4.26. The highest BCUT2D eigenvalue weighted by Crippen LogP contribution is 2.07. The van der Waals surface area contributed by atoms with Crippen molar-refractivity contribution < 1.29 is 9.15 Å². The molecule has 0 atom stereocenters. The van der Waals surface area contributed by atoms with Crippen LogP contribution in [0.2, 0.25) is 0 Å². The van der Waals surface area contributed by atoms with Crippen LogP contribution >= 0.6 is 12.2 Å². The zero-order valence-electron chi connectivity index (χ0n) is 7.29. The summed E-state index contributed by atoms with van der Waals surface area (Å²) < 4.78 is 10.5. The fourth-order valence-corrected chi connectivity index (χ4v) is 0.875. The first-order valence-corrected chi connectivity index (χ1v) is 4.34. The van der Waals surface area contributed by atoms with Crippen LogP contribution in [0.5, 0.6) is 0 Å². The van der Waals surface area contributed by atoms with Crippen LogP contribution in [0, 0.1) is 6.92 Å². The van der Waals surface area contributed by atoms with Gasteiger partial charge in [0.25, 0.3) is 0 Å². The lowest BCUT2D eigenvalue weighted by molar-refractivity contribution is 0.256. The summed E-state index contributed by atoms with van der Waals surface area (Å²) in [6, 6.07) is 3.81. The molecule has 2 nitrogen and oxygen atoms in total. The molecule has 66 valence electrons. The van der Waals surface area contributed by atoms with Crippen molar-refractivity contribution >= 4 is 17.3 Å². The van der Waals surface area contributed by atoms with Gasteiger partial charge in [0.05, 0.1) is 0 Å². The lowest BCUT2D eigenvalue weighted by Gasteiger charge is -2.01. The summed E-state index contributed by atoms with van der Waals surface area (Å²) in [6.07, 6.45) is 0.773.